The second kappa shape index (κ2) is 2.95. The van der Waals surface area contributed by atoms with Crippen molar-refractivity contribution in [1.29, 1.82) is 5.26 Å². The van der Waals surface area contributed by atoms with Crippen LogP contribution in [0.4, 0.5) is 0 Å². The Balaban J connectivity index is 3.32. The highest BCUT2D eigenvalue weighted by Gasteiger charge is 2.06. The summed E-state index contributed by atoms with van der Waals surface area (Å²) >= 11 is 0. The minimum Gasteiger partial charge on any atom is -0.224 e. The average Bonchev–Trinajstić information content (AvgIpc) is 2.03. The first-order valence-electron chi connectivity index (χ1n) is 3.16. The molecule has 0 atom stereocenters. The highest BCUT2D eigenvalue weighted by Crippen LogP contribution is 2.09. The van der Waals surface area contributed by atoms with E-state index in [0.717, 1.165) is 6.26 Å². The van der Waals surface area contributed by atoms with Gasteiger partial charge in [0.05, 0.1) is 16.5 Å². The van der Waals surface area contributed by atoms with Crippen molar-refractivity contribution in [2.24, 2.45) is 0 Å². The van der Waals surface area contributed by atoms with Crippen LogP contribution in [-0.4, -0.2) is 14.7 Å². The first-order chi connectivity index (χ1) is 5.54. The van der Waals surface area contributed by atoms with Gasteiger partial charge in [0.1, 0.15) is 0 Å². The van der Waals surface area contributed by atoms with Crippen molar-refractivity contribution in [2.45, 2.75) is 4.90 Å². The van der Waals surface area contributed by atoms with Crippen molar-refractivity contribution in [3.8, 4) is 6.07 Å². The molecule has 4 heteroatoms. The Morgan fingerprint density at radius 2 is 2.25 bits per heavy atom. The van der Waals surface area contributed by atoms with E-state index >= 15 is 0 Å². The van der Waals surface area contributed by atoms with E-state index in [9.17, 15) is 8.42 Å². The van der Waals surface area contributed by atoms with E-state index in [1.807, 2.05) is 6.07 Å². The molecule has 0 amide bonds. The summed E-state index contributed by atoms with van der Waals surface area (Å²) in [5, 5.41) is 8.45. The molecule has 12 heavy (non-hydrogen) atoms. The van der Waals surface area contributed by atoms with E-state index in [1.165, 1.54) is 18.2 Å². The number of sulfone groups is 1. The molecule has 1 rings (SSSR count). The normalized spacial score (nSPS) is 10.7. The van der Waals surface area contributed by atoms with Crippen LogP contribution in [0.5, 0.6) is 0 Å². The maximum atomic E-state index is 11.0. The Bertz CT molecular complexity index is 429. The van der Waals surface area contributed by atoms with E-state index < -0.39 is 9.84 Å². The second-order valence-corrected chi connectivity index (χ2v) is 4.34. The molecule has 0 aliphatic rings. The van der Waals surface area contributed by atoms with Crippen molar-refractivity contribution in [1.82, 2.24) is 0 Å². The quantitative estimate of drug-likeness (QED) is 0.641. The molecule has 0 saturated carbocycles. The van der Waals surface area contributed by atoms with Gasteiger partial charge in [-0.1, -0.05) is 6.07 Å². The molecule has 0 fully saturated rings. The predicted octanol–water partition coefficient (Wildman–Crippen LogP) is 0.762. The molecule has 0 bridgehead atoms. The minimum absolute atomic E-state index is 0.151. The molecular weight excluding hydrogens is 174 g/mol. The lowest BCUT2D eigenvalue weighted by atomic mass is 10.2. The zero-order valence-corrected chi connectivity index (χ0v) is 7.22. The fraction of sp³-hybridized carbons (Fsp3) is 0.125. The van der Waals surface area contributed by atoms with E-state index in [4.69, 9.17) is 5.26 Å². The number of nitrogens with zero attached hydrogens (tertiary/aromatic N) is 1. The maximum Gasteiger partial charge on any atom is 0.175 e. The number of hydrogen-bond donors (Lipinski definition) is 0. The molecule has 1 aromatic carbocycles. The molecule has 0 aliphatic carbocycles. The van der Waals surface area contributed by atoms with Crippen molar-refractivity contribution in [2.75, 3.05) is 6.26 Å². The van der Waals surface area contributed by atoms with Crippen LogP contribution in [-0.2, 0) is 9.84 Å². The minimum atomic E-state index is -3.21. The molecule has 0 aliphatic heterocycles. The summed E-state index contributed by atoms with van der Waals surface area (Å²) in [7, 11) is -3.21. The van der Waals surface area contributed by atoms with Gasteiger partial charge in [0.2, 0.25) is 0 Å². The summed E-state index contributed by atoms with van der Waals surface area (Å²) in [6.07, 6.45) is 1.10. The van der Waals surface area contributed by atoms with Crippen molar-refractivity contribution in [3.63, 3.8) is 0 Å². The standard InChI is InChI=1S/C8H6NO2S/c1-12(10,11)8-4-2-3-7(5-8)6-9/h2,4-5H,1H3. The molecule has 61 valence electrons. The summed E-state index contributed by atoms with van der Waals surface area (Å²) in [5.41, 5.74) is 0.234. The predicted molar refractivity (Wildman–Crippen MR) is 43.1 cm³/mol. The van der Waals surface area contributed by atoms with Gasteiger partial charge < -0.3 is 0 Å². The summed E-state index contributed by atoms with van der Waals surface area (Å²) in [4.78, 5) is 0.151. The van der Waals surface area contributed by atoms with Crippen molar-refractivity contribution >= 4 is 9.84 Å². The number of nitriles is 1. The summed E-state index contributed by atoms with van der Waals surface area (Å²) in [5.74, 6) is 0. The Labute approximate surface area is 71.2 Å². The topological polar surface area (TPSA) is 57.9 Å². The molecule has 0 heterocycles. The second-order valence-electron chi connectivity index (χ2n) is 2.32. The van der Waals surface area contributed by atoms with Gasteiger partial charge in [0, 0.05) is 12.3 Å². The summed E-state index contributed by atoms with van der Waals surface area (Å²) in [6.45, 7) is 0. The molecular formula is C8H6NO2S. The van der Waals surface area contributed by atoms with E-state index in [0.29, 0.717) is 0 Å². The Hall–Kier alpha value is -1.34. The Morgan fingerprint density at radius 3 is 2.75 bits per heavy atom. The van der Waals surface area contributed by atoms with Crippen LogP contribution in [0.15, 0.2) is 23.1 Å². The van der Waals surface area contributed by atoms with Gasteiger partial charge in [-0.3, -0.25) is 0 Å². The number of hydrogen-bond acceptors (Lipinski definition) is 3. The van der Waals surface area contributed by atoms with E-state index in [-0.39, 0.29) is 10.5 Å². The van der Waals surface area contributed by atoms with Gasteiger partial charge in [0.15, 0.2) is 9.84 Å². The maximum absolute atomic E-state index is 11.0. The lowest BCUT2D eigenvalue weighted by Crippen LogP contribution is -1.96. The first-order valence-corrected chi connectivity index (χ1v) is 5.05. The van der Waals surface area contributed by atoms with Gasteiger partial charge in [0.25, 0.3) is 0 Å². The molecule has 0 saturated heterocycles. The highest BCUT2D eigenvalue weighted by molar-refractivity contribution is 7.90. The van der Waals surface area contributed by atoms with Crippen LogP contribution in [0.1, 0.15) is 5.56 Å². The Morgan fingerprint density at radius 1 is 1.58 bits per heavy atom. The van der Waals surface area contributed by atoms with Crippen molar-refractivity contribution in [3.05, 3.63) is 29.8 Å². The molecule has 1 radical (unpaired) electrons. The smallest absolute Gasteiger partial charge is 0.175 e. The van der Waals surface area contributed by atoms with Gasteiger partial charge in [-0.15, -0.1) is 0 Å². The molecule has 0 unspecified atom stereocenters. The van der Waals surface area contributed by atoms with Gasteiger partial charge >= 0.3 is 0 Å². The number of benzene rings is 1. The van der Waals surface area contributed by atoms with Crippen LogP contribution >= 0.6 is 0 Å². The third-order valence-corrected chi connectivity index (χ3v) is 2.43. The zero-order valence-electron chi connectivity index (χ0n) is 6.40. The Kier molecular flexibility index (Phi) is 2.15. The van der Waals surface area contributed by atoms with Gasteiger partial charge in [-0.2, -0.15) is 5.26 Å². The largest absolute Gasteiger partial charge is 0.224 e. The molecule has 0 spiro atoms. The van der Waals surface area contributed by atoms with Crippen LogP contribution in [0, 0.1) is 17.4 Å². The molecule has 0 N–H and O–H groups in total. The fourth-order valence-corrected chi connectivity index (χ4v) is 1.39. The SMILES string of the molecule is CS(=O)(=O)c1cc[c]c(C#N)c1. The molecule has 1 aromatic rings. The van der Waals surface area contributed by atoms with Crippen LogP contribution in [0.25, 0.3) is 0 Å². The summed E-state index contributed by atoms with van der Waals surface area (Å²) in [6, 6.07) is 8.56. The van der Waals surface area contributed by atoms with E-state index in [1.54, 1.807) is 0 Å². The fourth-order valence-electron chi connectivity index (χ4n) is 0.741. The third-order valence-electron chi connectivity index (χ3n) is 1.32. The molecule has 3 nitrogen and oxygen atoms in total. The zero-order chi connectivity index (χ0) is 9.19. The lowest BCUT2D eigenvalue weighted by molar-refractivity contribution is 0.602. The summed E-state index contributed by atoms with van der Waals surface area (Å²) < 4.78 is 22.0. The van der Waals surface area contributed by atoms with Crippen LogP contribution in [0.2, 0.25) is 0 Å². The van der Waals surface area contributed by atoms with Crippen molar-refractivity contribution < 1.29 is 8.42 Å². The van der Waals surface area contributed by atoms with Crippen LogP contribution in [0.3, 0.4) is 0 Å². The molecule has 0 aromatic heterocycles. The highest BCUT2D eigenvalue weighted by atomic mass is 32.2. The van der Waals surface area contributed by atoms with E-state index in [2.05, 4.69) is 6.07 Å². The third kappa shape index (κ3) is 1.83. The monoisotopic (exact) mass is 180 g/mol. The van der Waals surface area contributed by atoms with Gasteiger partial charge in [-0.05, 0) is 12.1 Å². The number of rotatable bonds is 1. The first kappa shape index (κ1) is 8.75. The average molecular weight is 180 g/mol. The lowest BCUT2D eigenvalue weighted by Gasteiger charge is -1.95. The van der Waals surface area contributed by atoms with Gasteiger partial charge in [-0.25, -0.2) is 8.42 Å². The van der Waals surface area contributed by atoms with Crippen LogP contribution < -0.4 is 0 Å².